The van der Waals surface area contributed by atoms with Crippen LogP contribution < -0.4 is 4.74 Å². The predicted molar refractivity (Wildman–Crippen MR) is 91.3 cm³/mol. The van der Waals surface area contributed by atoms with E-state index in [0.29, 0.717) is 38.1 Å². The standard InChI is InChI=1S/C19H20N2O4/c1-24-19(23)17-12-20-11-14-13-21(9-7-16(14)17)18(22)8-10-25-15-5-3-2-4-6-15/h2-6,11-12H,7-10,13H2,1H3. The van der Waals surface area contributed by atoms with Crippen LogP contribution in [-0.4, -0.2) is 42.0 Å². The van der Waals surface area contributed by atoms with Crippen molar-refractivity contribution < 1.29 is 19.1 Å². The lowest BCUT2D eigenvalue weighted by Gasteiger charge is -2.29. The summed E-state index contributed by atoms with van der Waals surface area (Å²) >= 11 is 0. The molecule has 0 fully saturated rings. The fraction of sp³-hybridized carbons (Fsp3) is 0.316. The van der Waals surface area contributed by atoms with Crippen molar-refractivity contribution in [3.8, 4) is 5.75 Å². The summed E-state index contributed by atoms with van der Waals surface area (Å²) in [5.41, 5.74) is 2.30. The molecule has 2 aromatic rings. The number of carbonyl (C=O) groups excluding carboxylic acids is 2. The maximum absolute atomic E-state index is 12.4. The van der Waals surface area contributed by atoms with Gasteiger partial charge in [0.05, 0.1) is 25.7 Å². The minimum atomic E-state index is -0.389. The Labute approximate surface area is 146 Å². The van der Waals surface area contributed by atoms with Gasteiger partial charge in [-0.3, -0.25) is 9.78 Å². The molecule has 0 bridgehead atoms. The summed E-state index contributed by atoms with van der Waals surface area (Å²) in [6, 6.07) is 9.43. The number of fused-ring (bicyclic) bond motifs is 1. The molecule has 2 heterocycles. The average molecular weight is 340 g/mol. The Morgan fingerprint density at radius 1 is 1.20 bits per heavy atom. The van der Waals surface area contributed by atoms with Gasteiger partial charge in [0.2, 0.25) is 5.91 Å². The molecule has 0 spiro atoms. The quantitative estimate of drug-likeness (QED) is 0.781. The highest BCUT2D eigenvalue weighted by Crippen LogP contribution is 2.22. The molecule has 0 atom stereocenters. The van der Waals surface area contributed by atoms with Crippen molar-refractivity contribution in [2.45, 2.75) is 19.4 Å². The van der Waals surface area contributed by atoms with Crippen LogP contribution in [0.25, 0.3) is 0 Å². The molecule has 6 heteroatoms. The first-order valence-electron chi connectivity index (χ1n) is 8.18. The van der Waals surface area contributed by atoms with E-state index in [-0.39, 0.29) is 11.9 Å². The fourth-order valence-electron chi connectivity index (χ4n) is 2.92. The summed E-state index contributed by atoms with van der Waals surface area (Å²) in [5, 5.41) is 0. The number of nitrogens with zero attached hydrogens (tertiary/aromatic N) is 2. The number of aromatic nitrogens is 1. The molecule has 1 aromatic heterocycles. The van der Waals surface area contributed by atoms with Crippen LogP contribution in [-0.2, 0) is 22.5 Å². The molecule has 0 aliphatic carbocycles. The lowest BCUT2D eigenvalue weighted by atomic mass is 9.97. The smallest absolute Gasteiger partial charge is 0.339 e. The molecule has 0 N–H and O–H groups in total. The summed E-state index contributed by atoms with van der Waals surface area (Å²) in [4.78, 5) is 30.1. The largest absolute Gasteiger partial charge is 0.493 e. The Bertz CT molecular complexity index is 761. The van der Waals surface area contributed by atoms with E-state index < -0.39 is 0 Å². The highest BCUT2D eigenvalue weighted by atomic mass is 16.5. The van der Waals surface area contributed by atoms with E-state index in [1.807, 2.05) is 30.3 Å². The molecule has 1 amide bonds. The van der Waals surface area contributed by atoms with Crippen LogP contribution >= 0.6 is 0 Å². The number of hydrogen-bond acceptors (Lipinski definition) is 5. The number of carbonyl (C=O) groups is 2. The first-order valence-corrected chi connectivity index (χ1v) is 8.18. The number of rotatable bonds is 5. The van der Waals surface area contributed by atoms with E-state index in [1.165, 1.54) is 13.3 Å². The van der Waals surface area contributed by atoms with Crippen molar-refractivity contribution in [3.63, 3.8) is 0 Å². The first kappa shape index (κ1) is 17.0. The van der Waals surface area contributed by atoms with Gasteiger partial charge in [-0.25, -0.2) is 4.79 Å². The molecule has 0 saturated carbocycles. The highest BCUT2D eigenvalue weighted by Gasteiger charge is 2.25. The van der Waals surface area contributed by atoms with Gasteiger partial charge in [-0.05, 0) is 29.7 Å². The number of ether oxygens (including phenoxy) is 2. The number of methoxy groups -OCH3 is 1. The summed E-state index contributed by atoms with van der Waals surface area (Å²) in [5.74, 6) is 0.400. The van der Waals surface area contributed by atoms with Crippen LogP contribution in [0.4, 0.5) is 0 Å². The lowest BCUT2D eigenvalue weighted by Crippen LogP contribution is -2.37. The minimum Gasteiger partial charge on any atom is -0.493 e. The lowest BCUT2D eigenvalue weighted by molar-refractivity contribution is -0.132. The zero-order valence-corrected chi connectivity index (χ0v) is 14.1. The van der Waals surface area contributed by atoms with E-state index >= 15 is 0 Å². The Balaban J connectivity index is 1.59. The normalized spacial score (nSPS) is 13.1. The molecule has 6 nitrogen and oxygen atoms in total. The number of pyridine rings is 1. The molecule has 0 saturated heterocycles. The molecular weight excluding hydrogens is 320 g/mol. The van der Waals surface area contributed by atoms with E-state index in [4.69, 9.17) is 9.47 Å². The number of amides is 1. The van der Waals surface area contributed by atoms with Crippen LogP contribution in [0, 0.1) is 0 Å². The van der Waals surface area contributed by atoms with Crippen molar-refractivity contribution in [3.05, 3.63) is 59.4 Å². The molecule has 0 unspecified atom stereocenters. The van der Waals surface area contributed by atoms with Gasteiger partial charge in [-0.2, -0.15) is 0 Å². The fourth-order valence-corrected chi connectivity index (χ4v) is 2.92. The van der Waals surface area contributed by atoms with Gasteiger partial charge in [-0.1, -0.05) is 18.2 Å². The van der Waals surface area contributed by atoms with Crippen LogP contribution in [0.2, 0.25) is 0 Å². The van der Waals surface area contributed by atoms with E-state index in [9.17, 15) is 9.59 Å². The van der Waals surface area contributed by atoms with Crippen LogP contribution in [0.3, 0.4) is 0 Å². The molecule has 130 valence electrons. The summed E-state index contributed by atoms with van der Waals surface area (Å²) < 4.78 is 10.4. The molecule has 3 rings (SSSR count). The number of benzene rings is 1. The zero-order chi connectivity index (χ0) is 17.6. The second-order valence-corrected chi connectivity index (χ2v) is 5.79. The summed E-state index contributed by atoms with van der Waals surface area (Å²) in [6.45, 7) is 1.37. The van der Waals surface area contributed by atoms with E-state index in [0.717, 1.165) is 16.9 Å². The van der Waals surface area contributed by atoms with Crippen molar-refractivity contribution in [2.24, 2.45) is 0 Å². The van der Waals surface area contributed by atoms with Gasteiger partial charge < -0.3 is 14.4 Å². The second-order valence-electron chi connectivity index (χ2n) is 5.79. The van der Waals surface area contributed by atoms with Gasteiger partial charge in [0.1, 0.15) is 5.75 Å². The highest BCUT2D eigenvalue weighted by molar-refractivity contribution is 5.91. The van der Waals surface area contributed by atoms with E-state index in [1.54, 1.807) is 11.1 Å². The third kappa shape index (κ3) is 3.96. The van der Waals surface area contributed by atoms with Gasteiger partial charge in [-0.15, -0.1) is 0 Å². The molecule has 1 aromatic carbocycles. The monoisotopic (exact) mass is 340 g/mol. The van der Waals surface area contributed by atoms with Gasteiger partial charge >= 0.3 is 5.97 Å². The van der Waals surface area contributed by atoms with Gasteiger partial charge in [0.25, 0.3) is 0 Å². The SMILES string of the molecule is COC(=O)c1cncc2c1CCN(C(=O)CCOc1ccccc1)C2. The molecule has 25 heavy (non-hydrogen) atoms. The topological polar surface area (TPSA) is 68.7 Å². The van der Waals surface area contributed by atoms with E-state index in [2.05, 4.69) is 4.98 Å². The van der Waals surface area contributed by atoms with Crippen LogP contribution in [0.15, 0.2) is 42.7 Å². The van der Waals surface area contributed by atoms with Crippen molar-refractivity contribution in [1.29, 1.82) is 0 Å². The first-order chi connectivity index (χ1) is 12.2. The van der Waals surface area contributed by atoms with Crippen molar-refractivity contribution in [2.75, 3.05) is 20.3 Å². The molecule has 1 aliphatic rings. The maximum Gasteiger partial charge on any atom is 0.339 e. The third-order valence-corrected chi connectivity index (χ3v) is 4.23. The zero-order valence-electron chi connectivity index (χ0n) is 14.1. The Hall–Kier alpha value is -2.89. The number of esters is 1. The third-order valence-electron chi connectivity index (χ3n) is 4.23. The Kier molecular flexibility index (Phi) is 5.28. The predicted octanol–water partition coefficient (Wildman–Crippen LogP) is 2.22. The Morgan fingerprint density at radius 2 is 2.00 bits per heavy atom. The van der Waals surface area contributed by atoms with Crippen LogP contribution in [0.5, 0.6) is 5.75 Å². The molecular formula is C19H20N2O4. The maximum atomic E-state index is 12.4. The Morgan fingerprint density at radius 3 is 2.76 bits per heavy atom. The number of para-hydroxylation sites is 1. The minimum absolute atomic E-state index is 0.0325. The summed E-state index contributed by atoms with van der Waals surface area (Å²) in [6.07, 6.45) is 4.17. The van der Waals surface area contributed by atoms with Gasteiger partial charge in [0.15, 0.2) is 0 Å². The van der Waals surface area contributed by atoms with Crippen LogP contribution in [0.1, 0.15) is 27.9 Å². The summed E-state index contributed by atoms with van der Waals surface area (Å²) in [7, 11) is 1.35. The average Bonchev–Trinajstić information content (AvgIpc) is 2.67. The van der Waals surface area contributed by atoms with Gasteiger partial charge in [0, 0.05) is 25.5 Å². The molecule has 0 radical (unpaired) electrons. The second kappa shape index (κ2) is 7.79. The van der Waals surface area contributed by atoms with Crippen molar-refractivity contribution >= 4 is 11.9 Å². The van der Waals surface area contributed by atoms with Crippen molar-refractivity contribution in [1.82, 2.24) is 9.88 Å². The number of hydrogen-bond donors (Lipinski definition) is 0. The molecule has 1 aliphatic heterocycles.